The van der Waals surface area contributed by atoms with Crippen molar-refractivity contribution in [3.05, 3.63) is 34.1 Å². The van der Waals surface area contributed by atoms with Crippen LogP contribution < -0.4 is 5.32 Å². The van der Waals surface area contributed by atoms with E-state index in [-0.39, 0.29) is 5.82 Å². The third kappa shape index (κ3) is 3.87. The Labute approximate surface area is 135 Å². The van der Waals surface area contributed by atoms with Gasteiger partial charge in [0.15, 0.2) is 0 Å². The van der Waals surface area contributed by atoms with E-state index in [1.54, 1.807) is 12.1 Å². The topological polar surface area (TPSA) is 12.0 Å². The zero-order valence-electron chi connectivity index (χ0n) is 13.0. The molecule has 0 spiro atoms. The van der Waals surface area contributed by atoms with Crippen LogP contribution in [-0.4, -0.2) is 13.1 Å². The normalized spacial score (nSPS) is 30.7. The molecular formula is C18H25BrFN. The monoisotopic (exact) mass is 353 g/mol. The first-order valence-electron chi connectivity index (χ1n) is 8.11. The highest BCUT2D eigenvalue weighted by molar-refractivity contribution is 9.10. The lowest BCUT2D eigenvalue weighted by Gasteiger charge is -2.32. The Morgan fingerprint density at radius 2 is 2.00 bits per heavy atom. The minimum absolute atomic E-state index is 0.132. The molecule has 0 aromatic heterocycles. The van der Waals surface area contributed by atoms with Gasteiger partial charge in [-0.05, 0) is 79.2 Å². The molecule has 1 aromatic rings. The van der Waals surface area contributed by atoms with Gasteiger partial charge in [-0.3, -0.25) is 0 Å². The summed E-state index contributed by atoms with van der Waals surface area (Å²) >= 11 is 3.42. The Bertz CT molecular complexity index is 484. The minimum Gasteiger partial charge on any atom is -0.316 e. The molecule has 0 heterocycles. The van der Waals surface area contributed by atoms with Crippen LogP contribution in [0.5, 0.6) is 0 Å². The molecule has 1 nitrogen and oxygen atoms in total. The number of hydrogen-bond donors (Lipinski definition) is 1. The Kier molecular flexibility index (Phi) is 4.42. The number of hydrogen-bond acceptors (Lipinski definition) is 1. The molecule has 21 heavy (non-hydrogen) atoms. The van der Waals surface area contributed by atoms with Gasteiger partial charge in [-0.2, -0.15) is 0 Å². The second-order valence-corrected chi connectivity index (χ2v) is 8.56. The van der Waals surface area contributed by atoms with E-state index in [2.05, 4.69) is 41.2 Å². The van der Waals surface area contributed by atoms with Gasteiger partial charge in [-0.15, -0.1) is 0 Å². The minimum atomic E-state index is -0.132. The molecule has 2 aliphatic carbocycles. The number of fused-ring (bicyclic) bond motifs is 1. The lowest BCUT2D eigenvalue weighted by molar-refractivity contribution is 0.245. The average Bonchev–Trinajstić information content (AvgIpc) is 2.95. The van der Waals surface area contributed by atoms with Gasteiger partial charge in [0, 0.05) is 11.0 Å². The van der Waals surface area contributed by atoms with Gasteiger partial charge < -0.3 is 5.32 Å². The predicted octanol–water partition coefficient (Wildman–Crippen LogP) is 4.79. The van der Waals surface area contributed by atoms with Crippen molar-refractivity contribution in [2.45, 2.75) is 39.5 Å². The van der Waals surface area contributed by atoms with Crippen molar-refractivity contribution in [2.24, 2.45) is 23.2 Å². The number of halogens is 2. The molecule has 1 aromatic carbocycles. The van der Waals surface area contributed by atoms with E-state index in [1.807, 2.05) is 0 Å². The van der Waals surface area contributed by atoms with Crippen LogP contribution in [0.2, 0.25) is 0 Å². The van der Waals surface area contributed by atoms with Gasteiger partial charge in [-0.1, -0.05) is 29.8 Å². The van der Waals surface area contributed by atoms with Gasteiger partial charge in [0.1, 0.15) is 5.82 Å². The van der Waals surface area contributed by atoms with Gasteiger partial charge >= 0.3 is 0 Å². The first-order valence-corrected chi connectivity index (χ1v) is 8.91. The maximum atomic E-state index is 13.6. The quantitative estimate of drug-likeness (QED) is 0.774. The highest BCUT2D eigenvalue weighted by Crippen LogP contribution is 2.60. The maximum absolute atomic E-state index is 13.6. The molecule has 0 saturated heterocycles. The van der Waals surface area contributed by atoms with E-state index in [0.29, 0.717) is 11.3 Å². The van der Waals surface area contributed by atoms with Crippen LogP contribution in [0.1, 0.15) is 38.7 Å². The van der Waals surface area contributed by atoms with Gasteiger partial charge in [0.2, 0.25) is 0 Å². The Morgan fingerprint density at radius 3 is 2.62 bits per heavy atom. The van der Waals surface area contributed by atoms with Crippen molar-refractivity contribution in [2.75, 3.05) is 13.1 Å². The summed E-state index contributed by atoms with van der Waals surface area (Å²) in [6, 6.07) is 5.33. The highest BCUT2D eigenvalue weighted by Gasteiger charge is 2.53. The fourth-order valence-corrected chi connectivity index (χ4v) is 4.64. The summed E-state index contributed by atoms with van der Waals surface area (Å²) in [5, 5.41) is 3.65. The van der Waals surface area contributed by atoms with Gasteiger partial charge in [0.25, 0.3) is 0 Å². The molecule has 2 atom stereocenters. The van der Waals surface area contributed by atoms with Gasteiger partial charge in [0.05, 0.1) is 0 Å². The summed E-state index contributed by atoms with van der Waals surface area (Å²) in [5.41, 5.74) is 1.48. The second kappa shape index (κ2) is 6.00. The van der Waals surface area contributed by atoms with Crippen molar-refractivity contribution in [1.29, 1.82) is 0 Å². The summed E-state index contributed by atoms with van der Waals surface area (Å²) in [4.78, 5) is 0. The van der Waals surface area contributed by atoms with Crippen LogP contribution in [-0.2, 0) is 6.42 Å². The molecule has 2 fully saturated rings. The highest BCUT2D eigenvalue weighted by atomic mass is 79.9. The molecule has 3 heteroatoms. The average molecular weight is 354 g/mol. The SMILES string of the molecule is CC(C)CNCC1(Cc2cc(F)cc(Br)c2)CC2CC2C1. The molecule has 3 rings (SSSR count). The van der Waals surface area contributed by atoms with Crippen molar-refractivity contribution in [3.63, 3.8) is 0 Å². The lowest BCUT2D eigenvalue weighted by Crippen LogP contribution is -2.36. The molecule has 0 radical (unpaired) electrons. The molecule has 2 saturated carbocycles. The van der Waals surface area contributed by atoms with E-state index >= 15 is 0 Å². The van der Waals surface area contributed by atoms with E-state index in [1.165, 1.54) is 19.3 Å². The van der Waals surface area contributed by atoms with E-state index < -0.39 is 0 Å². The number of benzene rings is 1. The molecule has 0 aliphatic heterocycles. The molecular weight excluding hydrogens is 329 g/mol. The zero-order chi connectivity index (χ0) is 15.0. The summed E-state index contributed by atoms with van der Waals surface area (Å²) in [6.07, 6.45) is 5.06. The summed E-state index contributed by atoms with van der Waals surface area (Å²) < 4.78 is 14.5. The fraction of sp³-hybridized carbons (Fsp3) is 0.667. The Morgan fingerprint density at radius 1 is 1.29 bits per heavy atom. The van der Waals surface area contributed by atoms with Crippen molar-refractivity contribution in [3.8, 4) is 0 Å². The largest absolute Gasteiger partial charge is 0.316 e. The predicted molar refractivity (Wildman–Crippen MR) is 88.8 cm³/mol. The molecule has 1 N–H and O–H groups in total. The van der Waals surface area contributed by atoms with Crippen LogP contribution in [0, 0.1) is 29.0 Å². The van der Waals surface area contributed by atoms with Crippen molar-refractivity contribution >= 4 is 15.9 Å². The van der Waals surface area contributed by atoms with Crippen LogP contribution in [0.3, 0.4) is 0 Å². The van der Waals surface area contributed by atoms with E-state index in [0.717, 1.165) is 41.4 Å². The molecule has 0 bridgehead atoms. The molecule has 2 aliphatic rings. The summed E-state index contributed by atoms with van der Waals surface area (Å²) in [6.45, 7) is 6.64. The third-order valence-corrected chi connectivity index (χ3v) is 5.47. The first-order chi connectivity index (χ1) is 9.96. The van der Waals surface area contributed by atoms with Crippen LogP contribution in [0.4, 0.5) is 4.39 Å². The fourth-order valence-electron chi connectivity index (χ4n) is 4.13. The number of nitrogens with one attached hydrogen (secondary N) is 1. The third-order valence-electron chi connectivity index (χ3n) is 5.01. The second-order valence-electron chi connectivity index (χ2n) is 7.64. The molecule has 116 valence electrons. The smallest absolute Gasteiger partial charge is 0.124 e. The number of rotatable bonds is 6. The van der Waals surface area contributed by atoms with Crippen molar-refractivity contribution < 1.29 is 4.39 Å². The zero-order valence-corrected chi connectivity index (χ0v) is 14.5. The lowest BCUT2D eigenvalue weighted by atomic mass is 9.77. The van der Waals surface area contributed by atoms with E-state index in [4.69, 9.17) is 0 Å². The van der Waals surface area contributed by atoms with Crippen LogP contribution >= 0.6 is 15.9 Å². The summed E-state index contributed by atoms with van der Waals surface area (Å²) in [5.74, 6) is 2.44. The molecule has 2 unspecified atom stereocenters. The Balaban J connectivity index is 1.70. The standard InChI is InChI=1S/C18H25BrFN/c1-12(2)10-21-11-18(8-14-5-15(14)9-18)7-13-3-16(19)6-17(20)4-13/h3-4,6,12,14-15,21H,5,7-11H2,1-2H3. The van der Waals surface area contributed by atoms with Gasteiger partial charge in [-0.25, -0.2) is 4.39 Å². The Hall–Kier alpha value is -0.410. The van der Waals surface area contributed by atoms with Crippen molar-refractivity contribution in [1.82, 2.24) is 5.32 Å². The van der Waals surface area contributed by atoms with E-state index in [9.17, 15) is 4.39 Å². The van der Waals surface area contributed by atoms with Crippen LogP contribution in [0.15, 0.2) is 22.7 Å². The first kappa shape index (κ1) is 15.5. The molecule has 0 amide bonds. The maximum Gasteiger partial charge on any atom is 0.124 e. The van der Waals surface area contributed by atoms with Crippen LogP contribution in [0.25, 0.3) is 0 Å². The summed E-state index contributed by atoms with van der Waals surface area (Å²) in [7, 11) is 0.